The van der Waals surface area contributed by atoms with E-state index in [-0.39, 0.29) is 5.41 Å². The zero-order valence-electron chi connectivity index (χ0n) is 33.8. The standard InChI is InChI=1S/C59H43N/c1-59(2)56-38-50(45-25-23-44(24-26-45)43-21-19-42(20-22-43)40-11-4-3-5-12-40)31-35-54(56)55-36-34-52(39-57(55)59)60(58-18-10-16-47-14-8-9-17-53(47)58)51-32-29-46(30-33-51)49-28-27-41-13-6-7-15-48(41)37-49/h3-39H,1-2H3. The second-order valence-electron chi connectivity index (χ2n) is 16.6. The summed E-state index contributed by atoms with van der Waals surface area (Å²) in [6, 6.07) is 82.4. The molecule has 284 valence electrons. The monoisotopic (exact) mass is 765 g/mol. The first-order valence-electron chi connectivity index (χ1n) is 20.9. The molecule has 0 atom stereocenters. The highest BCUT2D eigenvalue weighted by Crippen LogP contribution is 2.52. The second-order valence-corrected chi connectivity index (χ2v) is 16.6. The molecule has 1 aliphatic carbocycles. The normalized spacial score (nSPS) is 12.6. The van der Waals surface area contributed by atoms with Crippen LogP contribution in [0.25, 0.3) is 77.2 Å². The Morgan fingerprint density at radius 3 is 1.43 bits per heavy atom. The lowest BCUT2D eigenvalue weighted by molar-refractivity contribution is 0.660. The lowest BCUT2D eigenvalue weighted by Crippen LogP contribution is -2.16. The maximum absolute atomic E-state index is 2.44. The van der Waals surface area contributed by atoms with Gasteiger partial charge in [-0.3, -0.25) is 0 Å². The molecule has 0 heterocycles. The van der Waals surface area contributed by atoms with Gasteiger partial charge in [-0.15, -0.1) is 0 Å². The molecule has 0 aliphatic heterocycles. The van der Waals surface area contributed by atoms with Gasteiger partial charge in [0.2, 0.25) is 0 Å². The van der Waals surface area contributed by atoms with Crippen molar-refractivity contribution in [3.05, 3.63) is 236 Å². The highest BCUT2D eigenvalue weighted by atomic mass is 15.1. The van der Waals surface area contributed by atoms with Crippen LogP contribution in [0, 0.1) is 0 Å². The third kappa shape index (κ3) is 6.19. The quantitative estimate of drug-likeness (QED) is 0.156. The van der Waals surface area contributed by atoms with E-state index in [4.69, 9.17) is 0 Å². The fraction of sp³-hybridized carbons (Fsp3) is 0.0508. The van der Waals surface area contributed by atoms with Crippen LogP contribution in [-0.2, 0) is 5.41 Å². The van der Waals surface area contributed by atoms with Gasteiger partial charge < -0.3 is 4.90 Å². The molecular formula is C59H43N. The van der Waals surface area contributed by atoms with E-state index in [1.165, 1.54) is 88.3 Å². The molecule has 0 saturated heterocycles. The second kappa shape index (κ2) is 14.4. The van der Waals surface area contributed by atoms with Gasteiger partial charge in [-0.2, -0.15) is 0 Å². The molecule has 0 bridgehead atoms. The van der Waals surface area contributed by atoms with Crippen molar-refractivity contribution in [2.75, 3.05) is 4.90 Å². The predicted octanol–water partition coefficient (Wildman–Crippen LogP) is 16.4. The first-order chi connectivity index (χ1) is 29.5. The molecule has 0 amide bonds. The average Bonchev–Trinajstić information content (AvgIpc) is 3.54. The Morgan fingerprint density at radius 1 is 0.300 bits per heavy atom. The molecule has 1 aliphatic rings. The summed E-state index contributed by atoms with van der Waals surface area (Å²) in [5, 5.41) is 4.96. The summed E-state index contributed by atoms with van der Waals surface area (Å²) in [6.45, 7) is 4.77. The molecule has 0 fully saturated rings. The van der Waals surface area contributed by atoms with Crippen molar-refractivity contribution in [1.29, 1.82) is 0 Å². The van der Waals surface area contributed by atoms with Crippen LogP contribution >= 0.6 is 0 Å². The summed E-state index contributed by atoms with van der Waals surface area (Å²) in [7, 11) is 0. The SMILES string of the molecule is CC1(C)c2cc(-c3ccc(-c4ccc(-c5ccccc5)cc4)cc3)ccc2-c2ccc(N(c3ccc(-c4ccc5ccccc5c4)cc3)c3cccc4ccccc34)cc21. The first kappa shape index (κ1) is 35.7. The molecule has 10 aromatic carbocycles. The van der Waals surface area contributed by atoms with Crippen LogP contribution in [0.15, 0.2) is 224 Å². The van der Waals surface area contributed by atoms with Crippen LogP contribution < -0.4 is 4.90 Å². The Labute approximate surface area is 352 Å². The molecular weight excluding hydrogens is 723 g/mol. The Kier molecular flexibility index (Phi) is 8.57. The van der Waals surface area contributed by atoms with Gasteiger partial charge >= 0.3 is 0 Å². The fourth-order valence-electron chi connectivity index (χ4n) is 9.39. The van der Waals surface area contributed by atoms with Gasteiger partial charge in [0.05, 0.1) is 5.69 Å². The maximum Gasteiger partial charge on any atom is 0.0540 e. The Hall–Kier alpha value is -7.48. The van der Waals surface area contributed by atoms with Crippen molar-refractivity contribution in [2.24, 2.45) is 0 Å². The van der Waals surface area contributed by atoms with E-state index >= 15 is 0 Å². The smallest absolute Gasteiger partial charge is 0.0540 e. The third-order valence-electron chi connectivity index (χ3n) is 12.7. The van der Waals surface area contributed by atoms with E-state index in [0.29, 0.717) is 0 Å². The van der Waals surface area contributed by atoms with Gasteiger partial charge in [-0.05, 0) is 125 Å². The summed E-state index contributed by atoms with van der Waals surface area (Å²) in [4.78, 5) is 2.44. The van der Waals surface area contributed by atoms with Crippen molar-refractivity contribution in [2.45, 2.75) is 19.3 Å². The summed E-state index contributed by atoms with van der Waals surface area (Å²) >= 11 is 0. The van der Waals surface area contributed by atoms with Crippen LogP contribution in [0.2, 0.25) is 0 Å². The molecule has 11 rings (SSSR count). The van der Waals surface area contributed by atoms with Crippen molar-refractivity contribution in [1.82, 2.24) is 0 Å². The van der Waals surface area contributed by atoms with Crippen molar-refractivity contribution in [3.8, 4) is 55.6 Å². The van der Waals surface area contributed by atoms with Crippen LogP contribution in [0.4, 0.5) is 17.1 Å². The molecule has 1 heteroatoms. The molecule has 0 aromatic heterocycles. The van der Waals surface area contributed by atoms with E-state index in [2.05, 4.69) is 243 Å². The van der Waals surface area contributed by atoms with Gasteiger partial charge in [0, 0.05) is 22.2 Å². The van der Waals surface area contributed by atoms with Crippen LogP contribution in [-0.4, -0.2) is 0 Å². The van der Waals surface area contributed by atoms with Crippen LogP contribution in [0.5, 0.6) is 0 Å². The van der Waals surface area contributed by atoms with Crippen LogP contribution in [0.1, 0.15) is 25.0 Å². The molecule has 1 nitrogen and oxygen atoms in total. The number of hydrogen-bond acceptors (Lipinski definition) is 1. The number of benzene rings is 10. The van der Waals surface area contributed by atoms with Gasteiger partial charge in [0.25, 0.3) is 0 Å². The third-order valence-corrected chi connectivity index (χ3v) is 12.7. The number of hydrogen-bond donors (Lipinski definition) is 0. The zero-order chi connectivity index (χ0) is 40.2. The number of nitrogens with zero attached hydrogens (tertiary/aromatic N) is 1. The maximum atomic E-state index is 2.44. The minimum Gasteiger partial charge on any atom is -0.310 e. The minimum absolute atomic E-state index is 0.193. The lowest BCUT2D eigenvalue weighted by atomic mass is 9.81. The number of fused-ring (bicyclic) bond motifs is 5. The van der Waals surface area contributed by atoms with Crippen LogP contribution in [0.3, 0.4) is 0 Å². The fourth-order valence-corrected chi connectivity index (χ4v) is 9.39. The molecule has 0 unspecified atom stereocenters. The Morgan fingerprint density at radius 2 is 0.750 bits per heavy atom. The van der Waals surface area contributed by atoms with E-state index in [1.54, 1.807) is 0 Å². The highest BCUT2D eigenvalue weighted by Gasteiger charge is 2.36. The molecule has 0 spiro atoms. The highest BCUT2D eigenvalue weighted by molar-refractivity contribution is 6.00. The molecule has 0 saturated carbocycles. The minimum atomic E-state index is -0.193. The molecule has 0 radical (unpaired) electrons. The lowest BCUT2D eigenvalue weighted by Gasteiger charge is -2.29. The van der Waals surface area contributed by atoms with Crippen molar-refractivity contribution >= 4 is 38.6 Å². The average molecular weight is 766 g/mol. The van der Waals surface area contributed by atoms with Gasteiger partial charge in [0.15, 0.2) is 0 Å². The van der Waals surface area contributed by atoms with Gasteiger partial charge in [0.1, 0.15) is 0 Å². The van der Waals surface area contributed by atoms with Gasteiger partial charge in [-0.1, -0.05) is 196 Å². The largest absolute Gasteiger partial charge is 0.310 e. The van der Waals surface area contributed by atoms with E-state index in [9.17, 15) is 0 Å². The van der Waals surface area contributed by atoms with E-state index in [1.807, 2.05) is 0 Å². The summed E-state index contributed by atoms with van der Waals surface area (Å²) in [5.74, 6) is 0. The van der Waals surface area contributed by atoms with E-state index in [0.717, 1.165) is 17.1 Å². The summed E-state index contributed by atoms with van der Waals surface area (Å²) < 4.78 is 0. The van der Waals surface area contributed by atoms with Crippen molar-refractivity contribution in [3.63, 3.8) is 0 Å². The predicted molar refractivity (Wildman–Crippen MR) is 255 cm³/mol. The molecule has 10 aromatic rings. The Balaban J connectivity index is 0.932. The molecule has 60 heavy (non-hydrogen) atoms. The number of anilines is 3. The summed E-state index contributed by atoms with van der Waals surface area (Å²) in [6.07, 6.45) is 0. The first-order valence-corrected chi connectivity index (χ1v) is 20.9. The zero-order valence-corrected chi connectivity index (χ0v) is 33.8. The van der Waals surface area contributed by atoms with Crippen molar-refractivity contribution < 1.29 is 0 Å². The Bertz CT molecular complexity index is 3190. The van der Waals surface area contributed by atoms with Gasteiger partial charge in [-0.25, -0.2) is 0 Å². The van der Waals surface area contributed by atoms with E-state index < -0.39 is 0 Å². The molecule has 0 N–H and O–H groups in total. The summed E-state index contributed by atoms with van der Waals surface area (Å²) in [5.41, 5.74) is 18.4. The topological polar surface area (TPSA) is 3.24 Å². The number of rotatable bonds is 7.